The fraction of sp³-hybridized carbons (Fsp3) is 0.227. The lowest BCUT2D eigenvalue weighted by atomic mass is 9.56. The molecule has 162 valence electrons. The van der Waals surface area contributed by atoms with Gasteiger partial charge in [-0.25, -0.2) is 0 Å². The van der Waals surface area contributed by atoms with E-state index in [1.165, 1.54) is 14.2 Å². The number of nitrogens with two attached hydrogens (primary N) is 1. The van der Waals surface area contributed by atoms with Crippen molar-refractivity contribution >= 4 is 30.8 Å². The fourth-order valence-corrected chi connectivity index (χ4v) is 7.37. The SMILES string of the molecule is COP(=O)(OC)C1=C(N)[C@H](C#N)C2(C(=O)Nc3ccccc32)C12C(=O)Nc1ccccc12. The van der Waals surface area contributed by atoms with Crippen LogP contribution in [0.1, 0.15) is 11.1 Å². The molecular formula is C22H19N4O5P. The zero-order chi connectivity index (χ0) is 22.9. The smallest absolute Gasteiger partial charge is 0.360 e. The Hall–Kier alpha value is -3.44. The van der Waals surface area contributed by atoms with E-state index in [2.05, 4.69) is 16.7 Å². The number of fused-ring (bicyclic) bond motifs is 5. The van der Waals surface area contributed by atoms with E-state index < -0.39 is 36.2 Å². The lowest BCUT2D eigenvalue weighted by molar-refractivity contribution is -0.130. The Morgan fingerprint density at radius 1 is 0.969 bits per heavy atom. The van der Waals surface area contributed by atoms with Crippen molar-refractivity contribution in [1.29, 1.82) is 5.26 Å². The lowest BCUT2D eigenvalue weighted by Crippen LogP contribution is -2.58. The number of nitrogens with zero attached hydrogens (tertiary/aromatic N) is 1. The third-order valence-corrected chi connectivity index (χ3v) is 8.83. The van der Waals surface area contributed by atoms with Crippen LogP contribution in [-0.4, -0.2) is 26.0 Å². The van der Waals surface area contributed by atoms with E-state index in [1.807, 2.05) is 0 Å². The van der Waals surface area contributed by atoms with Crippen LogP contribution in [-0.2, 0) is 34.0 Å². The number of nitriles is 1. The van der Waals surface area contributed by atoms with Crippen LogP contribution in [0.2, 0.25) is 0 Å². The van der Waals surface area contributed by atoms with Gasteiger partial charge in [-0.3, -0.25) is 14.2 Å². The molecule has 0 aromatic heterocycles. The number of amides is 2. The maximum Gasteiger partial charge on any atom is 0.360 e. The van der Waals surface area contributed by atoms with E-state index in [9.17, 15) is 19.4 Å². The van der Waals surface area contributed by atoms with Crippen molar-refractivity contribution in [3.63, 3.8) is 0 Å². The highest BCUT2D eigenvalue weighted by Crippen LogP contribution is 2.75. The van der Waals surface area contributed by atoms with Gasteiger partial charge >= 0.3 is 7.60 Å². The zero-order valence-electron chi connectivity index (χ0n) is 17.2. The highest BCUT2D eigenvalue weighted by Gasteiger charge is 2.79. The molecule has 2 aliphatic heterocycles. The van der Waals surface area contributed by atoms with Crippen LogP contribution < -0.4 is 16.4 Å². The highest BCUT2D eigenvalue weighted by atomic mass is 31.2. The molecule has 2 unspecified atom stereocenters. The van der Waals surface area contributed by atoms with Gasteiger partial charge in [0.25, 0.3) is 0 Å². The van der Waals surface area contributed by atoms with Crippen molar-refractivity contribution < 1.29 is 23.2 Å². The van der Waals surface area contributed by atoms with Crippen LogP contribution in [0.4, 0.5) is 11.4 Å². The minimum atomic E-state index is -4.20. The summed E-state index contributed by atoms with van der Waals surface area (Å²) in [7, 11) is -1.85. The van der Waals surface area contributed by atoms with E-state index in [-0.39, 0.29) is 11.0 Å². The average molecular weight is 450 g/mol. The molecule has 2 aromatic rings. The summed E-state index contributed by atoms with van der Waals surface area (Å²) in [5, 5.41) is 15.7. The fourth-order valence-electron chi connectivity index (χ4n) is 5.60. The van der Waals surface area contributed by atoms with Gasteiger partial charge in [-0.2, -0.15) is 5.26 Å². The summed E-state index contributed by atoms with van der Waals surface area (Å²) in [6.45, 7) is 0. The second-order valence-corrected chi connectivity index (χ2v) is 9.96. The first-order valence-electron chi connectivity index (χ1n) is 9.78. The molecule has 4 N–H and O–H groups in total. The van der Waals surface area contributed by atoms with E-state index in [0.29, 0.717) is 22.5 Å². The minimum absolute atomic E-state index is 0.168. The van der Waals surface area contributed by atoms with E-state index in [1.54, 1.807) is 48.5 Å². The van der Waals surface area contributed by atoms with Crippen molar-refractivity contribution in [2.75, 3.05) is 24.9 Å². The van der Waals surface area contributed by atoms with Crippen molar-refractivity contribution in [3.05, 3.63) is 70.7 Å². The van der Waals surface area contributed by atoms with Gasteiger partial charge in [-0.1, -0.05) is 36.4 Å². The van der Waals surface area contributed by atoms with E-state index in [4.69, 9.17) is 14.8 Å². The van der Waals surface area contributed by atoms with Crippen molar-refractivity contribution in [3.8, 4) is 6.07 Å². The molecule has 0 fully saturated rings. The van der Waals surface area contributed by atoms with Gasteiger partial charge in [0, 0.05) is 31.3 Å². The molecule has 0 saturated carbocycles. The molecule has 0 radical (unpaired) electrons. The predicted octanol–water partition coefficient (Wildman–Crippen LogP) is 2.58. The summed E-state index contributed by atoms with van der Waals surface area (Å²) in [6.07, 6.45) is 0. The Labute approximate surface area is 183 Å². The molecule has 2 spiro atoms. The largest absolute Gasteiger partial charge is 0.400 e. The number of anilines is 2. The monoisotopic (exact) mass is 450 g/mol. The summed E-state index contributed by atoms with van der Waals surface area (Å²) in [5.74, 6) is -2.53. The molecule has 9 nitrogen and oxygen atoms in total. The summed E-state index contributed by atoms with van der Waals surface area (Å²) in [4.78, 5) is 27.8. The van der Waals surface area contributed by atoms with Crippen LogP contribution >= 0.6 is 7.60 Å². The van der Waals surface area contributed by atoms with Crippen LogP contribution in [0, 0.1) is 17.2 Å². The number of rotatable bonds is 3. The Kier molecular flexibility index (Phi) is 4.18. The number of nitrogens with one attached hydrogen (secondary N) is 2. The molecule has 32 heavy (non-hydrogen) atoms. The molecule has 3 atom stereocenters. The number of carbonyl (C=O) groups is 2. The molecule has 2 aromatic carbocycles. The van der Waals surface area contributed by atoms with Gasteiger partial charge in [0.15, 0.2) is 0 Å². The van der Waals surface area contributed by atoms with Crippen molar-refractivity contribution in [2.45, 2.75) is 10.8 Å². The third kappa shape index (κ3) is 1.98. The average Bonchev–Trinajstić information content (AvgIpc) is 3.35. The Bertz CT molecular complexity index is 1320. The van der Waals surface area contributed by atoms with Crippen LogP contribution in [0.25, 0.3) is 0 Å². The molecule has 5 rings (SSSR count). The standard InChI is InChI=1S/C22H19N4O5P/c1-30-32(29,31-2)18-17(24)14(11-23)21(12-7-3-5-9-15(12)25-19(21)27)22(18)13-8-4-6-10-16(13)26-20(22)28/h3-10,14H,24H2,1-2H3,(H,25,27)(H,26,28)/t14-,21?,22?/m0/s1. The zero-order valence-corrected chi connectivity index (χ0v) is 18.1. The maximum absolute atomic E-state index is 13.9. The second-order valence-electron chi connectivity index (χ2n) is 7.79. The van der Waals surface area contributed by atoms with Gasteiger partial charge in [0.2, 0.25) is 11.8 Å². The number of carbonyl (C=O) groups excluding carboxylic acids is 2. The normalized spacial score (nSPS) is 28.0. The number of allylic oxidation sites excluding steroid dienone is 1. The van der Waals surface area contributed by atoms with Crippen molar-refractivity contribution in [1.82, 2.24) is 0 Å². The number of benzene rings is 2. The van der Waals surface area contributed by atoms with E-state index >= 15 is 0 Å². The maximum atomic E-state index is 13.9. The van der Waals surface area contributed by atoms with Gasteiger partial charge < -0.3 is 25.4 Å². The minimum Gasteiger partial charge on any atom is -0.400 e. The summed E-state index contributed by atoms with van der Waals surface area (Å²) in [5.41, 5.74) is 4.25. The van der Waals surface area contributed by atoms with Crippen LogP contribution in [0.15, 0.2) is 59.5 Å². The van der Waals surface area contributed by atoms with Crippen molar-refractivity contribution in [2.24, 2.45) is 11.7 Å². The van der Waals surface area contributed by atoms with Crippen LogP contribution in [0.3, 0.4) is 0 Å². The number of para-hydroxylation sites is 2. The van der Waals surface area contributed by atoms with E-state index in [0.717, 1.165) is 0 Å². The number of hydrogen-bond acceptors (Lipinski definition) is 7. The molecule has 2 heterocycles. The first-order chi connectivity index (χ1) is 15.3. The molecule has 3 aliphatic rings. The summed E-state index contributed by atoms with van der Waals surface area (Å²) < 4.78 is 24.5. The predicted molar refractivity (Wildman–Crippen MR) is 115 cm³/mol. The molecule has 0 bridgehead atoms. The molecule has 10 heteroatoms. The number of hydrogen-bond donors (Lipinski definition) is 3. The first-order valence-corrected chi connectivity index (χ1v) is 11.3. The molecule has 2 amide bonds. The quantitative estimate of drug-likeness (QED) is 0.610. The van der Waals surface area contributed by atoms with Gasteiger partial charge in [0.1, 0.15) is 16.7 Å². The summed E-state index contributed by atoms with van der Waals surface area (Å²) in [6, 6.07) is 15.7. The summed E-state index contributed by atoms with van der Waals surface area (Å²) >= 11 is 0. The third-order valence-electron chi connectivity index (χ3n) is 6.73. The topological polar surface area (TPSA) is 144 Å². The molecule has 1 aliphatic carbocycles. The highest BCUT2D eigenvalue weighted by molar-refractivity contribution is 7.58. The Morgan fingerprint density at radius 2 is 1.50 bits per heavy atom. The van der Waals surface area contributed by atoms with Gasteiger partial charge in [-0.05, 0) is 23.3 Å². The second kappa shape index (κ2) is 6.53. The molecular weight excluding hydrogens is 431 g/mol. The Balaban J connectivity index is 2.03. The molecule has 0 saturated heterocycles. The van der Waals surface area contributed by atoms with Gasteiger partial charge in [-0.15, -0.1) is 0 Å². The van der Waals surface area contributed by atoms with Gasteiger partial charge in [0.05, 0.1) is 11.4 Å². The lowest BCUT2D eigenvalue weighted by Gasteiger charge is -2.41. The Morgan fingerprint density at radius 3 is 2.09 bits per heavy atom. The van der Waals surface area contributed by atoms with Crippen LogP contribution in [0.5, 0.6) is 0 Å². The first kappa shape index (κ1) is 20.5.